The molecule has 8 heteroatoms. The maximum Gasteiger partial charge on any atom is 0.272 e. The van der Waals surface area contributed by atoms with Crippen LogP contribution in [0.4, 0.5) is 10.1 Å². The van der Waals surface area contributed by atoms with Gasteiger partial charge in [0.05, 0.1) is 5.56 Å². The Morgan fingerprint density at radius 1 is 1.13 bits per heavy atom. The summed E-state index contributed by atoms with van der Waals surface area (Å²) in [6, 6.07) is 14.4. The van der Waals surface area contributed by atoms with Crippen molar-refractivity contribution in [3.63, 3.8) is 0 Å². The van der Waals surface area contributed by atoms with Gasteiger partial charge in [-0.25, -0.2) is 4.39 Å². The van der Waals surface area contributed by atoms with E-state index in [2.05, 4.69) is 31.4 Å². The summed E-state index contributed by atoms with van der Waals surface area (Å²) in [7, 11) is 0. The number of anilines is 1. The summed E-state index contributed by atoms with van der Waals surface area (Å²) < 4.78 is 19.4. The highest BCUT2D eigenvalue weighted by atomic mass is 79.9. The van der Waals surface area contributed by atoms with Crippen LogP contribution in [0.2, 0.25) is 0 Å². The highest BCUT2D eigenvalue weighted by molar-refractivity contribution is 9.10. The molecule has 6 nitrogen and oxygen atoms in total. The first-order valence-electron chi connectivity index (χ1n) is 8.94. The van der Waals surface area contributed by atoms with Crippen molar-refractivity contribution in [3.8, 4) is 11.3 Å². The Kier molecular flexibility index (Phi) is 5.33. The molecule has 0 unspecified atom stereocenters. The molecule has 30 heavy (non-hydrogen) atoms. The molecule has 0 radical (unpaired) electrons. The van der Waals surface area contributed by atoms with Crippen molar-refractivity contribution < 1.29 is 18.5 Å². The van der Waals surface area contributed by atoms with Gasteiger partial charge in [-0.2, -0.15) is 0 Å². The number of carbonyl (C=O) groups is 2. The Labute approximate surface area is 179 Å². The third-order valence-electron chi connectivity index (χ3n) is 4.46. The molecule has 0 aliphatic carbocycles. The average molecular weight is 468 g/mol. The number of H-pyrrole nitrogens is 1. The molecular formula is C22H15BrFN3O3. The SMILES string of the molecule is Cc1onc(-c2cccc(Br)c2)c1C(=O)c1c[nH]c(C(=O)Nc2cccc(F)c2)c1. The molecule has 2 aromatic carbocycles. The van der Waals surface area contributed by atoms with E-state index < -0.39 is 11.7 Å². The predicted molar refractivity (Wildman–Crippen MR) is 113 cm³/mol. The van der Waals surface area contributed by atoms with Crippen LogP contribution < -0.4 is 5.32 Å². The molecule has 0 saturated carbocycles. The molecule has 4 rings (SSSR count). The number of nitrogens with zero attached hydrogens (tertiary/aromatic N) is 1. The quantitative estimate of drug-likeness (QED) is 0.386. The van der Waals surface area contributed by atoms with Crippen LogP contribution in [0, 0.1) is 12.7 Å². The van der Waals surface area contributed by atoms with E-state index >= 15 is 0 Å². The Morgan fingerprint density at radius 3 is 2.70 bits per heavy atom. The Morgan fingerprint density at radius 2 is 1.93 bits per heavy atom. The molecule has 0 bridgehead atoms. The molecule has 2 heterocycles. The minimum atomic E-state index is -0.492. The third kappa shape index (κ3) is 3.95. The molecule has 0 aliphatic heterocycles. The number of amides is 1. The average Bonchev–Trinajstić information content (AvgIpc) is 3.35. The van der Waals surface area contributed by atoms with Gasteiger partial charge in [0.1, 0.15) is 23.0 Å². The highest BCUT2D eigenvalue weighted by Crippen LogP contribution is 2.29. The number of ketones is 1. The first kappa shape index (κ1) is 19.8. The van der Waals surface area contributed by atoms with Gasteiger partial charge in [0, 0.05) is 27.5 Å². The lowest BCUT2D eigenvalue weighted by molar-refractivity contribution is 0.102. The normalized spacial score (nSPS) is 10.8. The third-order valence-corrected chi connectivity index (χ3v) is 4.95. The van der Waals surface area contributed by atoms with Crippen LogP contribution in [0.3, 0.4) is 0 Å². The first-order valence-corrected chi connectivity index (χ1v) is 9.74. The van der Waals surface area contributed by atoms with Gasteiger partial charge < -0.3 is 14.8 Å². The van der Waals surface area contributed by atoms with Gasteiger partial charge in [-0.15, -0.1) is 0 Å². The second-order valence-corrected chi connectivity index (χ2v) is 7.48. The maximum absolute atomic E-state index is 13.3. The number of halogens is 2. The number of rotatable bonds is 5. The first-order chi connectivity index (χ1) is 14.4. The van der Waals surface area contributed by atoms with E-state index in [4.69, 9.17) is 4.52 Å². The van der Waals surface area contributed by atoms with Crippen molar-refractivity contribution in [1.29, 1.82) is 0 Å². The number of hydrogen-bond donors (Lipinski definition) is 2. The van der Waals surface area contributed by atoms with Crippen molar-refractivity contribution in [3.05, 3.63) is 93.7 Å². The Hall–Kier alpha value is -3.52. The smallest absolute Gasteiger partial charge is 0.272 e. The minimum Gasteiger partial charge on any atom is -0.360 e. The van der Waals surface area contributed by atoms with E-state index in [0.29, 0.717) is 22.7 Å². The Balaban J connectivity index is 1.61. The molecule has 0 fully saturated rings. The molecule has 0 spiro atoms. The number of hydrogen-bond acceptors (Lipinski definition) is 4. The van der Waals surface area contributed by atoms with Crippen LogP contribution in [0.1, 0.15) is 32.2 Å². The van der Waals surface area contributed by atoms with Crippen LogP contribution in [0.25, 0.3) is 11.3 Å². The van der Waals surface area contributed by atoms with Crippen LogP contribution in [0.5, 0.6) is 0 Å². The number of carbonyl (C=O) groups excluding carboxylic acids is 2. The zero-order valence-electron chi connectivity index (χ0n) is 15.7. The molecule has 2 N–H and O–H groups in total. The fourth-order valence-electron chi connectivity index (χ4n) is 3.04. The summed E-state index contributed by atoms with van der Waals surface area (Å²) >= 11 is 3.41. The fraction of sp³-hybridized carbons (Fsp3) is 0.0455. The van der Waals surface area contributed by atoms with E-state index in [1.165, 1.54) is 30.5 Å². The summed E-state index contributed by atoms with van der Waals surface area (Å²) in [5, 5.41) is 6.62. The molecule has 2 aromatic heterocycles. The second-order valence-electron chi connectivity index (χ2n) is 6.57. The fourth-order valence-corrected chi connectivity index (χ4v) is 3.44. The van der Waals surface area contributed by atoms with Gasteiger partial charge in [0.25, 0.3) is 5.91 Å². The summed E-state index contributed by atoms with van der Waals surface area (Å²) in [5.41, 5.74) is 2.23. The number of nitrogens with one attached hydrogen (secondary N) is 2. The molecule has 1 amide bonds. The lowest BCUT2D eigenvalue weighted by Gasteiger charge is -2.03. The summed E-state index contributed by atoms with van der Waals surface area (Å²) in [5.74, 6) is -0.904. The second kappa shape index (κ2) is 8.08. The van der Waals surface area contributed by atoms with Gasteiger partial charge in [-0.05, 0) is 43.3 Å². The van der Waals surface area contributed by atoms with Gasteiger partial charge in [0.2, 0.25) is 0 Å². The van der Waals surface area contributed by atoms with Crippen LogP contribution in [-0.4, -0.2) is 21.8 Å². The van der Waals surface area contributed by atoms with Crippen molar-refractivity contribution in [2.24, 2.45) is 0 Å². The molecule has 0 saturated heterocycles. The van der Waals surface area contributed by atoms with Gasteiger partial charge in [-0.3, -0.25) is 9.59 Å². The van der Waals surface area contributed by atoms with Crippen molar-refractivity contribution in [2.45, 2.75) is 6.92 Å². The van der Waals surface area contributed by atoms with Gasteiger partial charge >= 0.3 is 0 Å². The van der Waals surface area contributed by atoms with E-state index in [1.807, 2.05) is 24.3 Å². The number of aromatic nitrogens is 2. The number of aromatic amines is 1. The van der Waals surface area contributed by atoms with Gasteiger partial charge in [-0.1, -0.05) is 39.3 Å². The molecule has 0 atom stereocenters. The lowest BCUT2D eigenvalue weighted by Crippen LogP contribution is -2.12. The van der Waals surface area contributed by atoms with Crippen molar-refractivity contribution in [2.75, 3.05) is 5.32 Å². The van der Waals surface area contributed by atoms with Crippen LogP contribution in [-0.2, 0) is 0 Å². The van der Waals surface area contributed by atoms with E-state index in [9.17, 15) is 14.0 Å². The van der Waals surface area contributed by atoms with E-state index in [0.717, 1.165) is 10.0 Å². The number of aryl methyl sites for hydroxylation is 1. The van der Waals surface area contributed by atoms with Gasteiger partial charge in [0.15, 0.2) is 5.78 Å². The monoisotopic (exact) mass is 467 g/mol. The molecule has 150 valence electrons. The summed E-state index contributed by atoms with van der Waals surface area (Å²) in [6.07, 6.45) is 1.44. The van der Waals surface area contributed by atoms with E-state index in [1.54, 1.807) is 13.0 Å². The predicted octanol–water partition coefficient (Wildman–Crippen LogP) is 5.36. The van der Waals surface area contributed by atoms with E-state index in [-0.39, 0.29) is 17.0 Å². The van der Waals surface area contributed by atoms with Crippen molar-refractivity contribution >= 4 is 33.3 Å². The number of benzene rings is 2. The Bertz CT molecular complexity index is 1260. The maximum atomic E-state index is 13.3. The standard InChI is InChI=1S/C22H15BrFN3O3/c1-12-19(20(27-30-12)13-4-2-5-15(23)8-13)21(28)14-9-18(25-11-14)22(29)26-17-7-3-6-16(24)10-17/h2-11,25H,1H3,(H,26,29). The minimum absolute atomic E-state index is 0.167. The van der Waals surface area contributed by atoms with Crippen LogP contribution in [0.15, 0.2) is 69.8 Å². The summed E-state index contributed by atoms with van der Waals surface area (Å²) in [6.45, 7) is 1.66. The lowest BCUT2D eigenvalue weighted by atomic mass is 9.99. The molecule has 4 aromatic rings. The topological polar surface area (TPSA) is 88.0 Å². The highest BCUT2D eigenvalue weighted by Gasteiger charge is 2.24. The zero-order valence-corrected chi connectivity index (χ0v) is 17.3. The largest absolute Gasteiger partial charge is 0.360 e. The van der Waals surface area contributed by atoms with Crippen LogP contribution >= 0.6 is 15.9 Å². The molecular weight excluding hydrogens is 453 g/mol. The molecule has 0 aliphatic rings. The zero-order chi connectivity index (χ0) is 21.3. The summed E-state index contributed by atoms with van der Waals surface area (Å²) in [4.78, 5) is 28.3. The van der Waals surface area contributed by atoms with Crippen molar-refractivity contribution in [1.82, 2.24) is 10.1 Å².